The lowest BCUT2D eigenvalue weighted by Gasteiger charge is -2.03. The van der Waals surface area contributed by atoms with Gasteiger partial charge in [0.05, 0.1) is 12.7 Å². The summed E-state index contributed by atoms with van der Waals surface area (Å²) in [5, 5.41) is 0.728. The summed E-state index contributed by atoms with van der Waals surface area (Å²) in [6, 6.07) is 1.34. The molecule has 0 fully saturated rings. The van der Waals surface area contributed by atoms with Gasteiger partial charge in [-0.25, -0.2) is 9.78 Å². The number of rotatable bonds is 2. The van der Waals surface area contributed by atoms with Crippen LogP contribution in [0.25, 0.3) is 0 Å². The van der Waals surface area contributed by atoms with Gasteiger partial charge < -0.3 is 0 Å². The van der Waals surface area contributed by atoms with Crippen LogP contribution in [0.5, 0.6) is 0 Å². The van der Waals surface area contributed by atoms with Gasteiger partial charge in [-0.05, 0) is 0 Å². The summed E-state index contributed by atoms with van der Waals surface area (Å²) in [4.78, 5) is 26.9. The Morgan fingerprint density at radius 3 is 2.88 bits per heavy atom. The second-order valence-corrected chi connectivity index (χ2v) is 4.93. The SMILES string of the molecule is Cn1c(=O)ccn(Cc2ncc(Cl)s2)c1=O. The first-order chi connectivity index (χ1) is 7.58. The molecule has 2 heterocycles. The van der Waals surface area contributed by atoms with Gasteiger partial charge in [-0.3, -0.25) is 13.9 Å². The van der Waals surface area contributed by atoms with E-state index in [-0.39, 0.29) is 11.2 Å². The second-order valence-electron chi connectivity index (χ2n) is 3.18. The van der Waals surface area contributed by atoms with E-state index in [9.17, 15) is 9.59 Å². The van der Waals surface area contributed by atoms with Crippen molar-refractivity contribution >= 4 is 22.9 Å². The molecule has 0 atom stereocenters. The van der Waals surface area contributed by atoms with Crippen LogP contribution in [0.3, 0.4) is 0 Å². The molecule has 0 N–H and O–H groups in total. The highest BCUT2D eigenvalue weighted by Crippen LogP contribution is 2.18. The third-order valence-corrected chi connectivity index (χ3v) is 3.19. The maximum Gasteiger partial charge on any atom is 0.331 e. The highest BCUT2D eigenvalue weighted by molar-refractivity contribution is 7.15. The van der Waals surface area contributed by atoms with Crippen molar-refractivity contribution in [3.63, 3.8) is 0 Å². The quantitative estimate of drug-likeness (QED) is 0.796. The molecule has 7 heteroatoms. The monoisotopic (exact) mass is 257 g/mol. The summed E-state index contributed by atoms with van der Waals surface area (Å²) in [5.41, 5.74) is -0.683. The molecule has 0 unspecified atom stereocenters. The Morgan fingerprint density at radius 2 is 2.25 bits per heavy atom. The Labute approximate surface area is 99.6 Å². The molecule has 0 saturated carbocycles. The molecule has 2 aromatic heterocycles. The van der Waals surface area contributed by atoms with E-state index in [1.54, 1.807) is 0 Å². The van der Waals surface area contributed by atoms with Crippen molar-refractivity contribution in [2.45, 2.75) is 6.54 Å². The predicted octanol–water partition coefficient (Wildman–Crippen LogP) is 0.705. The van der Waals surface area contributed by atoms with Gasteiger partial charge in [-0.2, -0.15) is 0 Å². The van der Waals surface area contributed by atoms with Crippen molar-refractivity contribution in [2.24, 2.45) is 7.05 Å². The maximum absolute atomic E-state index is 11.7. The number of thiazole rings is 1. The van der Waals surface area contributed by atoms with Crippen LogP contribution in [0, 0.1) is 0 Å². The summed E-state index contributed by atoms with van der Waals surface area (Å²) in [6.07, 6.45) is 2.99. The lowest BCUT2D eigenvalue weighted by molar-refractivity contribution is 0.644. The van der Waals surface area contributed by atoms with Crippen molar-refractivity contribution in [3.8, 4) is 0 Å². The molecule has 2 rings (SSSR count). The fourth-order valence-corrected chi connectivity index (χ4v) is 2.20. The first kappa shape index (κ1) is 11.1. The molecule has 5 nitrogen and oxygen atoms in total. The molecule has 2 aromatic rings. The molecule has 0 bridgehead atoms. The van der Waals surface area contributed by atoms with Crippen molar-refractivity contribution in [2.75, 3.05) is 0 Å². The van der Waals surface area contributed by atoms with E-state index < -0.39 is 0 Å². The topological polar surface area (TPSA) is 56.9 Å². The summed E-state index contributed by atoms with van der Waals surface area (Å²) < 4.78 is 3.04. The zero-order chi connectivity index (χ0) is 11.7. The molecule has 0 aliphatic carbocycles. The molecular weight excluding hydrogens is 250 g/mol. The third kappa shape index (κ3) is 2.07. The molecule has 0 aliphatic rings. The minimum absolute atomic E-state index is 0.321. The Morgan fingerprint density at radius 1 is 1.50 bits per heavy atom. The number of hydrogen-bond acceptors (Lipinski definition) is 4. The van der Waals surface area contributed by atoms with E-state index in [1.807, 2.05) is 0 Å². The molecule has 0 aromatic carbocycles. The zero-order valence-corrected chi connectivity index (χ0v) is 9.96. The fourth-order valence-electron chi connectivity index (χ4n) is 1.24. The highest BCUT2D eigenvalue weighted by Gasteiger charge is 2.04. The Balaban J connectivity index is 2.40. The number of nitrogens with zero attached hydrogens (tertiary/aromatic N) is 3. The second kappa shape index (κ2) is 4.23. The van der Waals surface area contributed by atoms with Crippen LogP contribution in [-0.2, 0) is 13.6 Å². The van der Waals surface area contributed by atoms with Crippen LogP contribution in [0.2, 0.25) is 4.34 Å². The van der Waals surface area contributed by atoms with Crippen molar-refractivity contribution in [1.29, 1.82) is 0 Å². The average Bonchev–Trinajstić information content (AvgIpc) is 2.65. The highest BCUT2D eigenvalue weighted by atomic mass is 35.5. The van der Waals surface area contributed by atoms with E-state index >= 15 is 0 Å². The average molecular weight is 258 g/mol. The number of halogens is 1. The van der Waals surface area contributed by atoms with Gasteiger partial charge in [-0.15, -0.1) is 11.3 Å². The number of aromatic nitrogens is 3. The first-order valence-electron chi connectivity index (χ1n) is 4.44. The Kier molecular flexibility index (Phi) is 2.93. The van der Waals surface area contributed by atoms with Gasteiger partial charge in [0.2, 0.25) is 0 Å². The largest absolute Gasteiger partial charge is 0.331 e. The van der Waals surface area contributed by atoms with Gasteiger partial charge in [0.25, 0.3) is 5.56 Å². The lowest BCUT2D eigenvalue weighted by Crippen LogP contribution is -2.37. The van der Waals surface area contributed by atoms with Crippen LogP contribution in [0.15, 0.2) is 28.0 Å². The van der Waals surface area contributed by atoms with E-state index in [0.29, 0.717) is 10.9 Å². The third-order valence-electron chi connectivity index (χ3n) is 2.09. The number of hydrogen-bond donors (Lipinski definition) is 0. The molecule has 0 radical (unpaired) electrons. The van der Waals surface area contributed by atoms with Crippen LogP contribution < -0.4 is 11.2 Å². The van der Waals surface area contributed by atoms with E-state index in [4.69, 9.17) is 11.6 Å². The van der Waals surface area contributed by atoms with E-state index in [2.05, 4.69) is 4.98 Å². The van der Waals surface area contributed by atoms with Gasteiger partial charge in [0.1, 0.15) is 9.34 Å². The van der Waals surface area contributed by atoms with Gasteiger partial charge in [0, 0.05) is 19.3 Å². The van der Waals surface area contributed by atoms with Crippen molar-refractivity contribution in [3.05, 3.63) is 48.6 Å². The van der Waals surface area contributed by atoms with Crippen LogP contribution in [0.1, 0.15) is 5.01 Å². The molecular formula is C9H8ClN3O2S. The summed E-state index contributed by atoms with van der Waals surface area (Å²) in [7, 11) is 1.44. The molecule has 16 heavy (non-hydrogen) atoms. The minimum Gasteiger partial charge on any atom is -0.294 e. The standard InChI is InChI=1S/C9H8ClN3O2S/c1-12-8(14)2-3-13(9(12)15)5-7-11-4-6(10)16-7/h2-4H,5H2,1H3. The molecule has 84 valence electrons. The molecule has 0 saturated heterocycles. The lowest BCUT2D eigenvalue weighted by atomic mass is 10.5. The van der Waals surface area contributed by atoms with E-state index in [0.717, 1.165) is 9.57 Å². The van der Waals surface area contributed by atoms with Crippen LogP contribution in [-0.4, -0.2) is 14.1 Å². The maximum atomic E-state index is 11.7. The van der Waals surface area contributed by atoms with Crippen molar-refractivity contribution in [1.82, 2.24) is 14.1 Å². The van der Waals surface area contributed by atoms with Gasteiger partial charge in [0.15, 0.2) is 0 Å². The zero-order valence-electron chi connectivity index (χ0n) is 8.38. The normalized spacial score (nSPS) is 10.6. The molecule has 0 amide bonds. The fraction of sp³-hybridized carbons (Fsp3) is 0.222. The van der Waals surface area contributed by atoms with Gasteiger partial charge in [-0.1, -0.05) is 11.6 Å². The molecule has 0 aliphatic heterocycles. The van der Waals surface area contributed by atoms with Crippen molar-refractivity contribution < 1.29 is 0 Å². The molecule has 0 spiro atoms. The van der Waals surface area contributed by atoms with E-state index in [1.165, 1.54) is 41.4 Å². The summed E-state index contributed by atoms with van der Waals surface area (Å²) >= 11 is 7.04. The Hall–Kier alpha value is -1.40. The van der Waals surface area contributed by atoms with Crippen LogP contribution >= 0.6 is 22.9 Å². The predicted molar refractivity (Wildman–Crippen MR) is 62.2 cm³/mol. The minimum atomic E-state index is -0.362. The Bertz CT molecular complexity index is 628. The summed E-state index contributed by atoms with van der Waals surface area (Å²) in [5.74, 6) is 0. The van der Waals surface area contributed by atoms with Crippen LogP contribution in [0.4, 0.5) is 0 Å². The smallest absolute Gasteiger partial charge is 0.294 e. The summed E-state index contributed by atoms with van der Waals surface area (Å²) in [6.45, 7) is 0.324. The van der Waals surface area contributed by atoms with Gasteiger partial charge >= 0.3 is 5.69 Å². The first-order valence-corrected chi connectivity index (χ1v) is 5.64.